The number of aliphatic hydroxyl groups is 2. The summed E-state index contributed by atoms with van der Waals surface area (Å²) in [6, 6.07) is 0. The van der Waals surface area contributed by atoms with Crippen molar-refractivity contribution in [3.63, 3.8) is 0 Å². The summed E-state index contributed by atoms with van der Waals surface area (Å²) in [4.78, 5) is 14.5. The minimum Gasteiger partial charge on any atom is -0.394 e. The molecule has 0 aliphatic carbocycles. The van der Waals surface area contributed by atoms with Gasteiger partial charge in [-0.05, 0) is 11.6 Å². The first-order valence-corrected chi connectivity index (χ1v) is 6.91. The van der Waals surface area contributed by atoms with E-state index in [4.69, 9.17) is 21.4 Å². The number of aliphatic hydroxyl groups excluding tert-OH is 2. The van der Waals surface area contributed by atoms with Crippen molar-refractivity contribution in [1.29, 1.82) is 0 Å². The maximum Gasteiger partial charge on any atom is 0.226 e. The highest BCUT2D eigenvalue weighted by Gasteiger charge is 2.35. The van der Waals surface area contributed by atoms with Crippen LogP contribution in [0.4, 0.5) is 5.82 Å². The first-order chi connectivity index (χ1) is 10.0. The van der Waals surface area contributed by atoms with E-state index in [-0.39, 0.29) is 11.9 Å². The summed E-state index contributed by atoms with van der Waals surface area (Å²) in [5, 5.41) is 19.1. The second-order valence-corrected chi connectivity index (χ2v) is 5.49. The quantitative estimate of drug-likeness (QED) is 0.781. The van der Waals surface area contributed by atoms with Crippen LogP contribution in [0.1, 0.15) is 12.6 Å². The number of hydrogen-bond donors (Lipinski definition) is 2. The Morgan fingerprint density at radius 2 is 2.24 bits per heavy atom. The zero-order valence-electron chi connectivity index (χ0n) is 11.6. The van der Waals surface area contributed by atoms with Crippen LogP contribution in [0.3, 0.4) is 0 Å². The lowest BCUT2D eigenvalue weighted by atomic mass is 10.2. The first kappa shape index (κ1) is 14.5. The zero-order valence-corrected chi connectivity index (χ0v) is 12.4. The summed E-state index contributed by atoms with van der Waals surface area (Å²) >= 11 is 5.97. The van der Waals surface area contributed by atoms with Crippen LogP contribution >= 0.6 is 11.6 Å². The van der Waals surface area contributed by atoms with E-state index in [2.05, 4.69) is 15.0 Å². The Labute approximate surface area is 126 Å². The molecule has 1 fully saturated rings. The highest BCUT2D eigenvalue weighted by Crippen LogP contribution is 2.32. The number of hydrogen-bond acceptors (Lipinski definition) is 7. The summed E-state index contributed by atoms with van der Waals surface area (Å²) in [7, 11) is 3.68. The van der Waals surface area contributed by atoms with Gasteiger partial charge in [0.1, 0.15) is 12.3 Å². The molecule has 8 nitrogen and oxygen atoms in total. The SMILES string of the molecule is CN(C)c1nc(Cl)nc2c1ncn2[C@H]1C[C@H](O)[C@@H](CO)O1. The topological polar surface area (TPSA) is 96.5 Å². The van der Waals surface area contributed by atoms with E-state index >= 15 is 0 Å². The molecule has 0 radical (unpaired) electrons. The molecule has 2 aromatic rings. The summed E-state index contributed by atoms with van der Waals surface area (Å²) in [6.45, 7) is -0.233. The number of ether oxygens (including phenoxy) is 1. The molecule has 114 valence electrons. The average Bonchev–Trinajstić information content (AvgIpc) is 3.00. The molecule has 21 heavy (non-hydrogen) atoms. The molecule has 3 heterocycles. The van der Waals surface area contributed by atoms with E-state index in [9.17, 15) is 5.11 Å². The van der Waals surface area contributed by atoms with E-state index in [1.54, 1.807) is 15.8 Å². The van der Waals surface area contributed by atoms with Crippen molar-refractivity contribution in [2.45, 2.75) is 24.9 Å². The second-order valence-electron chi connectivity index (χ2n) is 5.15. The molecule has 0 saturated carbocycles. The first-order valence-electron chi connectivity index (χ1n) is 6.53. The average molecular weight is 314 g/mol. The molecular formula is C12H16ClN5O3. The molecule has 1 saturated heterocycles. The van der Waals surface area contributed by atoms with Gasteiger partial charge in [0, 0.05) is 20.5 Å². The number of rotatable bonds is 3. The van der Waals surface area contributed by atoms with Crippen LogP contribution in [0.15, 0.2) is 6.33 Å². The molecule has 9 heteroatoms. The largest absolute Gasteiger partial charge is 0.394 e. The van der Waals surface area contributed by atoms with Crippen LogP contribution in [0.5, 0.6) is 0 Å². The standard InChI is InChI=1S/C12H16ClN5O3/c1-17(2)10-9-11(16-12(13)15-10)18(5-14-9)8-3-6(20)7(4-19)21-8/h5-8,19-20H,3-4H2,1-2H3/t6-,7+,8+/m0/s1. The molecular weight excluding hydrogens is 298 g/mol. The predicted molar refractivity (Wildman–Crippen MR) is 76.3 cm³/mol. The van der Waals surface area contributed by atoms with Gasteiger partial charge >= 0.3 is 0 Å². The van der Waals surface area contributed by atoms with E-state index in [1.165, 1.54) is 0 Å². The van der Waals surface area contributed by atoms with Crippen molar-refractivity contribution in [3.05, 3.63) is 11.6 Å². The Hall–Kier alpha value is -1.48. The van der Waals surface area contributed by atoms with Crippen molar-refractivity contribution in [1.82, 2.24) is 19.5 Å². The Morgan fingerprint density at radius 3 is 2.86 bits per heavy atom. The third kappa shape index (κ3) is 2.44. The van der Waals surface area contributed by atoms with Gasteiger partial charge in [0.05, 0.1) is 19.0 Å². The van der Waals surface area contributed by atoms with Gasteiger partial charge in [-0.15, -0.1) is 0 Å². The van der Waals surface area contributed by atoms with E-state index < -0.39 is 18.4 Å². The third-order valence-corrected chi connectivity index (χ3v) is 3.66. The van der Waals surface area contributed by atoms with E-state index in [0.29, 0.717) is 23.4 Å². The fourth-order valence-corrected chi connectivity index (χ4v) is 2.61. The molecule has 0 aromatic carbocycles. The molecule has 1 aliphatic heterocycles. The summed E-state index contributed by atoms with van der Waals surface area (Å²) in [6.07, 6.45) is 0.180. The summed E-state index contributed by atoms with van der Waals surface area (Å²) in [5.41, 5.74) is 1.14. The fraction of sp³-hybridized carbons (Fsp3) is 0.583. The third-order valence-electron chi connectivity index (χ3n) is 3.49. The Kier molecular flexibility index (Phi) is 3.70. The second kappa shape index (κ2) is 5.38. The molecule has 0 bridgehead atoms. The van der Waals surface area contributed by atoms with E-state index in [0.717, 1.165) is 0 Å². The predicted octanol–water partition coefficient (Wildman–Crippen LogP) is 0.186. The minimum atomic E-state index is -0.719. The van der Waals surface area contributed by atoms with Gasteiger partial charge in [-0.1, -0.05) is 0 Å². The van der Waals surface area contributed by atoms with Gasteiger partial charge in [-0.25, -0.2) is 4.98 Å². The van der Waals surface area contributed by atoms with Gasteiger partial charge in [0.2, 0.25) is 5.28 Å². The maximum absolute atomic E-state index is 9.84. The number of halogens is 1. The maximum atomic E-state index is 9.84. The lowest BCUT2D eigenvalue weighted by molar-refractivity contribution is -0.0432. The van der Waals surface area contributed by atoms with Gasteiger partial charge in [-0.2, -0.15) is 9.97 Å². The van der Waals surface area contributed by atoms with E-state index in [1.807, 2.05) is 14.1 Å². The Balaban J connectivity index is 2.05. The van der Waals surface area contributed by atoms with Gasteiger partial charge in [-0.3, -0.25) is 4.57 Å². The Bertz CT molecular complexity index is 662. The van der Waals surface area contributed by atoms with Crippen LogP contribution in [-0.2, 0) is 4.74 Å². The summed E-state index contributed by atoms with van der Waals surface area (Å²) in [5.74, 6) is 0.612. The lowest BCUT2D eigenvalue weighted by Crippen LogP contribution is -2.24. The fourth-order valence-electron chi connectivity index (χ4n) is 2.45. The molecule has 3 atom stereocenters. The van der Waals surface area contributed by atoms with Crippen molar-refractivity contribution >= 4 is 28.6 Å². The van der Waals surface area contributed by atoms with Crippen LogP contribution in [-0.4, -0.2) is 62.6 Å². The minimum absolute atomic E-state index is 0.116. The lowest BCUT2D eigenvalue weighted by Gasteiger charge is -2.15. The van der Waals surface area contributed by atoms with Gasteiger partial charge in [0.15, 0.2) is 17.0 Å². The molecule has 1 aliphatic rings. The van der Waals surface area contributed by atoms with Gasteiger partial charge < -0.3 is 19.8 Å². The van der Waals surface area contributed by atoms with Gasteiger partial charge in [0.25, 0.3) is 0 Å². The monoisotopic (exact) mass is 313 g/mol. The highest BCUT2D eigenvalue weighted by atomic mass is 35.5. The smallest absolute Gasteiger partial charge is 0.226 e. The number of nitrogens with zero attached hydrogens (tertiary/aromatic N) is 5. The number of aromatic nitrogens is 4. The summed E-state index contributed by atoms with van der Waals surface area (Å²) < 4.78 is 7.32. The van der Waals surface area contributed by atoms with Crippen LogP contribution < -0.4 is 4.90 Å². The zero-order chi connectivity index (χ0) is 15.1. The van der Waals surface area contributed by atoms with Crippen LogP contribution in [0.2, 0.25) is 5.28 Å². The van der Waals surface area contributed by atoms with Crippen molar-refractivity contribution < 1.29 is 14.9 Å². The molecule has 0 amide bonds. The number of anilines is 1. The molecule has 3 rings (SSSR count). The molecule has 2 aromatic heterocycles. The normalized spacial score (nSPS) is 25.7. The van der Waals surface area contributed by atoms with Crippen molar-refractivity contribution in [3.8, 4) is 0 Å². The molecule has 2 N–H and O–H groups in total. The Morgan fingerprint density at radius 1 is 1.48 bits per heavy atom. The number of fused-ring (bicyclic) bond motifs is 1. The van der Waals surface area contributed by atoms with Crippen LogP contribution in [0.25, 0.3) is 11.2 Å². The number of imidazole rings is 1. The van der Waals surface area contributed by atoms with Crippen molar-refractivity contribution in [2.24, 2.45) is 0 Å². The van der Waals surface area contributed by atoms with Crippen LogP contribution in [0, 0.1) is 0 Å². The molecule has 0 spiro atoms. The highest BCUT2D eigenvalue weighted by molar-refractivity contribution is 6.28. The van der Waals surface area contributed by atoms with Crippen molar-refractivity contribution in [2.75, 3.05) is 25.6 Å². The molecule has 0 unspecified atom stereocenters.